The Morgan fingerprint density at radius 1 is 1.70 bits per heavy atom. The molecule has 58 valence electrons. The summed E-state index contributed by atoms with van der Waals surface area (Å²) >= 11 is 5.57. The molecule has 0 aromatic carbocycles. The van der Waals surface area contributed by atoms with Gasteiger partial charge in [0.1, 0.15) is 0 Å². The zero-order valence-electron chi connectivity index (χ0n) is 5.33. The molecule has 0 amide bonds. The first-order valence-corrected chi connectivity index (χ1v) is 3.09. The SMILES string of the molecule is Cl.NCCn1cc(Cl)cn1. The molecule has 0 aliphatic rings. The van der Waals surface area contributed by atoms with E-state index in [9.17, 15) is 0 Å². The fourth-order valence-electron chi connectivity index (χ4n) is 0.593. The lowest BCUT2D eigenvalue weighted by Crippen LogP contribution is -2.09. The molecule has 1 rings (SSSR count). The summed E-state index contributed by atoms with van der Waals surface area (Å²) in [5.41, 5.74) is 5.27. The Bertz CT molecular complexity index is 187. The third-order valence-corrected chi connectivity index (χ3v) is 1.16. The van der Waals surface area contributed by atoms with E-state index in [1.165, 1.54) is 0 Å². The molecule has 3 nitrogen and oxygen atoms in total. The fourth-order valence-corrected chi connectivity index (χ4v) is 0.749. The van der Waals surface area contributed by atoms with Gasteiger partial charge in [0, 0.05) is 12.7 Å². The summed E-state index contributed by atoms with van der Waals surface area (Å²) in [6, 6.07) is 0. The summed E-state index contributed by atoms with van der Waals surface area (Å²) in [5, 5.41) is 4.57. The van der Waals surface area contributed by atoms with Crippen LogP contribution in [-0.4, -0.2) is 16.3 Å². The van der Waals surface area contributed by atoms with Gasteiger partial charge in [0.15, 0.2) is 0 Å². The van der Waals surface area contributed by atoms with Crippen LogP contribution in [0.2, 0.25) is 5.02 Å². The van der Waals surface area contributed by atoms with Gasteiger partial charge in [-0.05, 0) is 0 Å². The monoisotopic (exact) mass is 181 g/mol. The van der Waals surface area contributed by atoms with Crippen LogP contribution in [0, 0.1) is 0 Å². The van der Waals surface area contributed by atoms with Crippen molar-refractivity contribution in [1.29, 1.82) is 0 Å². The van der Waals surface area contributed by atoms with Crippen LogP contribution < -0.4 is 5.73 Å². The Balaban J connectivity index is 0.000000810. The molecule has 0 spiro atoms. The highest BCUT2D eigenvalue weighted by molar-refractivity contribution is 6.30. The van der Waals surface area contributed by atoms with E-state index < -0.39 is 0 Å². The van der Waals surface area contributed by atoms with Gasteiger partial charge < -0.3 is 5.73 Å². The van der Waals surface area contributed by atoms with E-state index in [4.69, 9.17) is 17.3 Å². The molecule has 2 N–H and O–H groups in total. The minimum Gasteiger partial charge on any atom is -0.329 e. The molecular weight excluding hydrogens is 173 g/mol. The van der Waals surface area contributed by atoms with E-state index in [0.29, 0.717) is 11.6 Å². The predicted octanol–water partition coefficient (Wildman–Crippen LogP) is 0.917. The maximum Gasteiger partial charge on any atom is 0.0785 e. The van der Waals surface area contributed by atoms with Crippen molar-refractivity contribution in [2.45, 2.75) is 6.54 Å². The normalized spacial score (nSPS) is 9.00. The molecular formula is C5H9Cl2N3. The van der Waals surface area contributed by atoms with E-state index in [1.807, 2.05) is 0 Å². The van der Waals surface area contributed by atoms with E-state index in [0.717, 1.165) is 6.54 Å². The molecule has 0 atom stereocenters. The molecule has 1 aromatic heterocycles. The van der Waals surface area contributed by atoms with Crippen molar-refractivity contribution in [1.82, 2.24) is 9.78 Å². The molecule has 0 aliphatic heterocycles. The molecule has 0 radical (unpaired) electrons. The van der Waals surface area contributed by atoms with Crippen LogP contribution in [0.3, 0.4) is 0 Å². The second kappa shape index (κ2) is 4.55. The molecule has 0 saturated carbocycles. The molecule has 0 unspecified atom stereocenters. The standard InChI is InChI=1S/C5H8ClN3.ClH/c6-5-3-8-9(4-5)2-1-7;/h3-4H,1-2,7H2;1H. The van der Waals surface area contributed by atoms with Gasteiger partial charge in [-0.2, -0.15) is 5.10 Å². The van der Waals surface area contributed by atoms with Crippen molar-refractivity contribution in [3.8, 4) is 0 Å². The largest absolute Gasteiger partial charge is 0.329 e. The Labute approximate surface area is 70.6 Å². The first-order chi connectivity index (χ1) is 4.33. The molecule has 0 bridgehead atoms. The minimum absolute atomic E-state index is 0. The number of hydrogen-bond donors (Lipinski definition) is 1. The maximum atomic E-state index is 5.57. The van der Waals surface area contributed by atoms with Gasteiger partial charge in [0.25, 0.3) is 0 Å². The highest BCUT2D eigenvalue weighted by Crippen LogP contribution is 2.03. The van der Waals surface area contributed by atoms with Gasteiger partial charge in [-0.3, -0.25) is 4.68 Å². The number of nitrogens with zero attached hydrogens (tertiary/aromatic N) is 2. The van der Waals surface area contributed by atoms with E-state index in [2.05, 4.69) is 5.10 Å². The van der Waals surface area contributed by atoms with Gasteiger partial charge in [0.05, 0.1) is 17.8 Å². The van der Waals surface area contributed by atoms with Crippen LogP contribution in [0.15, 0.2) is 12.4 Å². The Morgan fingerprint density at radius 3 is 2.80 bits per heavy atom. The minimum atomic E-state index is 0. The third-order valence-electron chi connectivity index (χ3n) is 0.960. The second-order valence-corrected chi connectivity index (χ2v) is 2.15. The first-order valence-electron chi connectivity index (χ1n) is 2.71. The van der Waals surface area contributed by atoms with Crippen LogP contribution in [0.4, 0.5) is 0 Å². The number of aromatic nitrogens is 2. The highest BCUT2D eigenvalue weighted by Gasteiger charge is 1.90. The topological polar surface area (TPSA) is 43.8 Å². The fraction of sp³-hybridized carbons (Fsp3) is 0.400. The lowest BCUT2D eigenvalue weighted by molar-refractivity contribution is 0.625. The van der Waals surface area contributed by atoms with Crippen LogP contribution in [0.25, 0.3) is 0 Å². The van der Waals surface area contributed by atoms with E-state index >= 15 is 0 Å². The Morgan fingerprint density at radius 2 is 2.40 bits per heavy atom. The Kier molecular flexibility index (Phi) is 4.43. The van der Waals surface area contributed by atoms with Gasteiger partial charge in [-0.15, -0.1) is 12.4 Å². The summed E-state index contributed by atoms with van der Waals surface area (Å²) < 4.78 is 1.71. The van der Waals surface area contributed by atoms with Gasteiger partial charge in [-0.25, -0.2) is 0 Å². The van der Waals surface area contributed by atoms with Gasteiger partial charge in [0.2, 0.25) is 0 Å². The zero-order chi connectivity index (χ0) is 6.69. The van der Waals surface area contributed by atoms with Crippen LogP contribution in [-0.2, 0) is 6.54 Å². The summed E-state index contributed by atoms with van der Waals surface area (Å²) in [4.78, 5) is 0. The first kappa shape index (κ1) is 9.75. The molecule has 0 aliphatic carbocycles. The number of nitrogens with two attached hydrogens (primary N) is 1. The van der Waals surface area contributed by atoms with Gasteiger partial charge >= 0.3 is 0 Å². The van der Waals surface area contributed by atoms with Crippen LogP contribution in [0.1, 0.15) is 0 Å². The summed E-state index contributed by atoms with van der Waals surface area (Å²) in [7, 11) is 0. The second-order valence-electron chi connectivity index (χ2n) is 1.71. The van der Waals surface area contributed by atoms with E-state index in [1.54, 1.807) is 17.1 Å². The summed E-state index contributed by atoms with van der Waals surface area (Å²) in [6.45, 7) is 1.32. The molecule has 0 fully saturated rings. The molecule has 1 heterocycles. The number of rotatable bonds is 2. The summed E-state index contributed by atoms with van der Waals surface area (Å²) in [6.07, 6.45) is 3.34. The average molecular weight is 182 g/mol. The van der Waals surface area contributed by atoms with Crippen molar-refractivity contribution >= 4 is 24.0 Å². The van der Waals surface area contributed by atoms with E-state index in [-0.39, 0.29) is 12.4 Å². The lowest BCUT2D eigenvalue weighted by Gasteiger charge is -1.93. The van der Waals surface area contributed by atoms with Crippen molar-refractivity contribution in [3.63, 3.8) is 0 Å². The van der Waals surface area contributed by atoms with Crippen LogP contribution >= 0.6 is 24.0 Å². The lowest BCUT2D eigenvalue weighted by atomic mass is 10.6. The smallest absolute Gasteiger partial charge is 0.0785 e. The number of hydrogen-bond acceptors (Lipinski definition) is 2. The zero-order valence-corrected chi connectivity index (χ0v) is 6.90. The highest BCUT2D eigenvalue weighted by atomic mass is 35.5. The molecule has 0 saturated heterocycles. The quantitative estimate of drug-likeness (QED) is 0.738. The maximum absolute atomic E-state index is 5.57. The Hall–Kier alpha value is -0.250. The van der Waals surface area contributed by atoms with Crippen molar-refractivity contribution in [3.05, 3.63) is 17.4 Å². The predicted molar refractivity (Wildman–Crippen MR) is 43.5 cm³/mol. The van der Waals surface area contributed by atoms with Gasteiger partial charge in [-0.1, -0.05) is 11.6 Å². The average Bonchev–Trinajstić information content (AvgIpc) is 2.17. The number of halogens is 2. The summed E-state index contributed by atoms with van der Waals surface area (Å²) in [5.74, 6) is 0. The molecule has 1 aromatic rings. The molecule has 5 heteroatoms. The van der Waals surface area contributed by atoms with Crippen molar-refractivity contribution in [2.24, 2.45) is 5.73 Å². The third kappa shape index (κ3) is 2.56. The van der Waals surface area contributed by atoms with Crippen LogP contribution in [0.5, 0.6) is 0 Å². The molecule has 10 heavy (non-hydrogen) atoms. The van der Waals surface area contributed by atoms with Crippen molar-refractivity contribution in [2.75, 3.05) is 6.54 Å². The van der Waals surface area contributed by atoms with Crippen molar-refractivity contribution < 1.29 is 0 Å².